The van der Waals surface area contributed by atoms with Gasteiger partial charge in [0.15, 0.2) is 6.10 Å². The average molecular weight is 146 g/mol. The van der Waals surface area contributed by atoms with Crippen molar-refractivity contribution in [2.45, 2.75) is 12.2 Å². The Bertz CT molecular complexity index is 132. The number of aliphatic hydroxyl groups is 2. The van der Waals surface area contributed by atoms with Crippen LogP contribution < -0.4 is 0 Å². The third kappa shape index (κ3) is 2.16. The number of esters is 1. The van der Waals surface area contributed by atoms with E-state index in [-0.39, 0.29) is 0 Å². The van der Waals surface area contributed by atoms with Gasteiger partial charge in [-0.05, 0) is 0 Å². The van der Waals surface area contributed by atoms with E-state index in [1.807, 2.05) is 0 Å². The molecule has 58 valence electrons. The molecule has 0 aliphatic carbocycles. The van der Waals surface area contributed by atoms with Gasteiger partial charge in [-0.1, -0.05) is 6.08 Å². The summed E-state index contributed by atoms with van der Waals surface area (Å²) in [5.74, 6) is -0.868. The zero-order valence-corrected chi connectivity index (χ0v) is 5.65. The van der Waals surface area contributed by atoms with E-state index in [4.69, 9.17) is 10.2 Å². The van der Waals surface area contributed by atoms with Crippen LogP contribution >= 0.6 is 0 Å². The van der Waals surface area contributed by atoms with Crippen molar-refractivity contribution in [1.82, 2.24) is 0 Å². The Hall–Kier alpha value is -0.870. The second-order valence-corrected chi connectivity index (χ2v) is 1.69. The number of ether oxygens (including phenoxy) is 1. The highest BCUT2D eigenvalue weighted by molar-refractivity contribution is 5.75. The maximum Gasteiger partial charge on any atom is 0.337 e. The molecular weight excluding hydrogens is 136 g/mol. The molecule has 0 radical (unpaired) electrons. The first-order chi connectivity index (χ1) is 4.63. The molecule has 0 aliphatic rings. The van der Waals surface area contributed by atoms with Gasteiger partial charge in [0.25, 0.3) is 0 Å². The Morgan fingerprint density at radius 1 is 1.70 bits per heavy atom. The molecule has 0 amide bonds. The highest BCUT2D eigenvalue weighted by atomic mass is 16.5. The predicted molar refractivity (Wildman–Crippen MR) is 34.2 cm³/mol. The van der Waals surface area contributed by atoms with E-state index < -0.39 is 18.2 Å². The monoisotopic (exact) mass is 146 g/mol. The Morgan fingerprint density at radius 2 is 2.20 bits per heavy atom. The molecule has 2 atom stereocenters. The molecule has 4 heteroatoms. The first-order valence-corrected chi connectivity index (χ1v) is 2.70. The molecule has 0 heterocycles. The highest BCUT2D eigenvalue weighted by Gasteiger charge is 2.21. The molecule has 0 saturated heterocycles. The number of carbonyl (C=O) groups is 1. The van der Waals surface area contributed by atoms with Crippen molar-refractivity contribution in [3.8, 4) is 0 Å². The smallest absolute Gasteiger partial charge is 0.337 e. The predicted octanol–water partition coefficient (Wildman–Crippen LogP) is -0.933. The summed E-state index contributed by atoms with van der Waals surface area (Å²) in [4.78, 5) is 10.4. The number of hydrogen-bond donors (Lipinski definition) is 2. The molecule has 10 heavy (non-hydrogen) atoms. The summed E-state index contributed by atoms with van der Waals surface area (Å²) in [6.45, 7) is 3.18. The molecule has 0 unspecified atom stereocenters. The van der Waals surface area contributed by atoms with Crippen LogP contribution in [0.2, 0.25) is 0 Å². The molecule has 0 spiro atoms. The van der Waals surface area contributed by atoms with Gasteiger partial charge in [-0.25, -0.2) is 4.79 Å². The summed E-state index contributed by atoms with van der Waals surface area (Å²) in [6, 6.07) is 0. The van der Waals surface area contributed by atoms with E-state index in [1.54, 1.807) is 0 Å². The lowest BCUT2D eigenvalue weighted by Crippen LogP contribution is -2.33. The van der Waals surface area contributed by atoms with Gasteiger partial charge < -0.3 is 14.9 Å². The van der Waals surface area contributed by atoms with Crippen LogP contribution in [0.15, 0.2) is 12.7 Å². The number of aliphatic hydroxyl groups excluding tert-OH is 2. The van der Waals surface area contributed by atoms with Crippen LogP contribution in [-0.2, 0) is 9.53 Å². The van der Waals surface area contributed by atoms with Crippen molar-refractivity contribution < 1.29 is 19.7 Å². The topological polar surface area (TPSA) is 66.8 Å². The Morgan fingerprint density at radius 3 is 2.50 bits per heavy atom. The van der Waals surface area contributed by atoms with Crippen molar-refractivity contribution in [1.29, 1.82) is 0 Å². The Kier molecular flexibility index (Phi) is 3.68. The normalized spacial score (nSPS) is 15.5. The number of rotatable bonds is 3. The molecule has 0 aromatic rings. The Labute approximate surface area is 58.7 Å². The average Bonchev–Trinajstić information content (AvgIpc) is 2.00. The molecule has 0 rings (SSSR count). The lowest BCUT2D eigenvalue weighted by atomic mass is 10.2. The summed E-state index contributed by atoms with van der Waals surface area (Å²) in [5, 5.41) is 17.5. The second-order valence-electron chi connectivity index (χ2n) is 1.69. The van der Waals surface area contributed by atoms with Crippen molar-refractivity contribution in [2.24, 2.45) is 0 Å². The fourth-order valence-corrected chi connectivity index (χ4v) is 0.389. The van der Waals surface area contributed by atoms with E-state index >= 15 is 0 Å². The van der Waals surface area contributed by atoms with Crippen molar-refractivity contribution in [3.05, 3.63) is 12.7 Å². The zero-order valence-electron chi connectivity index (χ0n) is 5.65. The number of carbonyl (C=O) groups excluding carboxylic acids is 1. The largest absolute Gasteiger partial charge is 0.467 e. The fourth-order valence-electron chi connectivity index (χ4n) is 0.389. The Balaban J connectivity index is 3.93. The molecule has 0 fully saturated rings. The summed E-state index contributed by atoms with van der Waals surface area (Å²) in [5.41, 5.74) is 0. The third-order valence-corrected chi connectivity index (χ3v) is 1.01. The van der Waals surface area contributed by atoms with Gasteiger partial charge in [-0.3, -0.25) is 0 Å². The van der Waals surface area contributed by atoms with Crippen LogP contribution in [0.1, 0.15) is 0 Å². The summed E-state index contributed by atoms with van der Waals surface area (Å²) in [6.07, 6.45) is -1.73. The summed E-state index contributed by atoms with van der Waals surface area (Å²) >= 11 is 0. The van der Waals surface area contributed by atoms with Crippen molar-refractivity contribution >= 4 is 5.97 Å². The molecule has 0 aromatic heterocycles. The lowest BCUT2D eigenvalue weighted by Gasteiger charge is -2.10. The molecule has 0 saturated carbocycles. The minimum absolute atomic E-state index is 0.868. The van der Waals surface area contributed by atoms with Gasteiger partial charge >= 0.3 is 5.97 Å². The van der Waals surface area contributed by atoms with E-state index in [9.17, 15) is 4.79 Å². The van der Waals surface area contributed by atoms with Gasteiger partial charge in [-0.2, -0.15) is 0 Å². The van der Waals surface area contributed by atoms with Crippen LogP contribution in [0.5, 0.6) is 0 Å². The number of methoxy groups -OCH3 is 1. The van der Waals surface area contributed by atoms with Gasteiger partial charge in [0.2, 0.25) is 0 Å². The van der Waals surface area contributed by atoms with Crippen LogP contribution in [0, 0.1) is 0 Å². The van der Waals surface area contributed by atoms with Crippen LogP contribution in [0.4, 0.5) is 0 Å². The molecule has 4 nitrogen and oxygen atoms in total. The summed E-state index contributed by atoms with van der Waals surface area (Å²) < 4.78 is 4.14. The van der Waals surface area contributed by atoms with Gasteiger partial charge in [-0.15, -0.1) is 6.58 Å². The van der Waals surface area contributed by atoms with Gasteiger partial charge in [0.1, 0.15) is 6.10 Å². The molecule has 0 aliphatic heterocycles. The minimum atomic E-state index is -1.53. The maximum absolute atomic E-state index is 10.4. The van der Waals surface area contributed by atoms with Crippen LogP contribution in [0.25, 0.3) is 0 Å². The first kappa shape index (κ1) is 9.13. The van der Waals surface area contributed by atoms with Crippen molar-refractivity contribution in [3.63, 3.8) is 0 Å². The molecule has 0 aromatic carbocycles. The lowest BCUT2D eigenvalue weighted by molar-refractivity contribution is -0.154. The zero-order chi connectivity index (χ0) is 8.15. The van der Waals surface area contributed by atoms with Crippen LogP contribution in [0.3, 0.4) is 0 Å². The van der Waals surface area contributed by atoms with Crippen LogP contribution in [-0.4, -0.2) is 35.5 Å². The first-order valence-electron chi connectivity index (χ1n) is 2.70. The highest BCUT2D eigenvalue weighted by Crippen LogP contribution is 1.95. The quantitative estimate of drug-likeness (QED) is 0.398. The standard InChI is InChI=1S/C6H10O4/c1-3-4(7)5(8)6(9)10-2/h3-5,7-8H,1H2,2H3/t4-,5-/m0/s1. The summed E-state index contributed by atoms with van der Waals surface area (Å²) in [7, 11) is 1.13. The van der Waals surface area contributed by atoms with Gasteiger partial charge in [0, 0.05) is 0 Å². The molecular formula is C6H10O4. The van der Waals surface area contributed by atoms with E-state index in [1.165, 1.54) is 0 Å². The van der Waals surface area contributed by atoms with E-state index in [0.29, 0.717) is 0 Å². The minimum Gasteiger partial charge on any atom is -0.467 e. The third-order valence-electron chi connectivity index (χ3n) is 1.01. The maximum atomic E-state index is 10.4. The van der Waals surface area contributed by atoms with Crippen molar-refractivity contribution in [2.75, 3.05) is 7.11 Å². The molecule has 0 bridgehead atoms. The number of hydrogen-bond acceptors (Lipinski definition) is 4. The second kappa shape index (κ2) is 4.03. The van der Waals surface area contributed by atoms with E-state index in [0.717, 1.165) is 13.2 Å². The van der Waals surface area contributed by atoms with E-state index in [2.05, 4.69) is 11.3 Å². The van der Waals surface area contributed by atoms with Gasteiger partial charge in [0.05, 0.1) is 7.11 Å². The molecule has 2 N–H and O–H groups in total. The SMILES string of the molecule is C=C[C@H](O)[C@H](O)C(=O)OC. The fraction of sp³-hybridized carbons (Fsp3) is 0.500.